The molecular weight excluding hydrogens is 114 g/mol. The highest BCUT2D eigenvalue weighted by Gasteiger charge is 2.16. The van der Waals surface area contributed by atoms with Crippen LogP contribution in [0.2, 0.25) is 0 Å². The smallest absolute Gasteiger partial charge is 0.0698 e. The van der Waals surface area contributed by atoms with Crippen LogP contribution in [0.5, 0.6) is 0 Å². The van der Waals surface area contributed by atoms with Gasteiger partial charge in [-0.2, -0.15) is 0 Å². The number of methoxy groups -OCH3 is 1. The lowest BCUT2D eigenvalue weighted by molar-refractivity contribution is 0.0650. The minimum absolute atomic E-state index is 0.453. The molecule has 0 amide bonds. The molecule has 0 saturated carbocycles. The topological polar surface area (TPSA) is 21.3 Å². The molecule has 1 saturated heterocycles. The Morgan fingerprint density at radius 1 is 1.44 bits per heavy atom. The summed E-state index contributed by atoms with van der Waals surface area (Å²) in [4.78, 5) is 0. The van der Waals surface area contributed by atoms with E-state index in [0.717, 1.165) is 19.0 Å². The summed E-state index contributed by atoms with van der Waals surface area (Å²) in [5.41, 5.74) is 0. The van der Waals surface area contributed by atoms with Gasteiger partial charge >= 0.3 is 0 Å². The number of nitrogens with one attached hydrogen (secondary N) is 1. The van der Waals surface area contributed by atoms with Crippen LogP contribution in [0.15, 0.2) is 0 Å². The van der Waals surface area contributed by atoms with Crippen molar-refractivity contribution in [2.75, 3.05) is 20.2 Å². The van der Waals surface area contributed by atoms with Crippen molar-refractivity contribution in [1.82, 2.24) is 5.32 Å². The molecule has 1 rings (SSSR count). The van der Waals surface area contributed by atoms with Crippen molar-refractivity contribution in [3.05, 3.63) is 0 Å². The van der Waals surface area contributed by atoms with Crippen molar-refractivity contribution >= 4 is 0 Å². The standard InChI is InChI=1S/C7H15NO/c1-6-3-7(9-2)5-8-4-6/h6-8H,3-5H2,1-2H3/t6-,7-/m1/s1. The highest BCUT2D eigenvalue weighted by Crippen LogP contribution is 2.10. The molecule has 0 aromatic rings. The van der Waals surface area contributed by atoms with Crippen LogP contribution < -0.4 is 5.32 Å². The zero-order valence-electron chi connectivity index (χ0n) is 6.18. The largest absolute Gasteiger partial charge is 0.380 e. The molecule has 0 aromatic carbocycles. The number of rotatable bonds is 1. The average molecular weight is 129 g/mol. The van der Waals surface area contributed by atoms with Gasteiger partial charge in [-0.15, -0.1) is 0 Å². The van der Waals surface area contributed by atoms with Gasteiger partial charge in [-0.25, -0.2) is 0 Å². The highest BCUT2D eigenvalue weighted by atomic mass is 16.5. The molecule has 1 heterocycles. The van der Waals surface area contributed by atoms with Gasteiger partial charge in [0.15, 0.2) is 0 Å². The second-order valence-electron chi connectivity index (χ2n) is 2.86. The molecule has 0 radical (unpaired) electrons. The molecule has 0 bridgehead atoms. The molecule has 2 nitrogen and oxygen atoms in total. The summed E-state index contributed by atoms with van der Waals surface area (Å²) in [7, 11) is 1.78. The van der Waals surface area contributed by atoms with Crippen LogP contribution in [-0.2, 0) is 4.74 Å². The van der Waals surface area contributed by atoms with Gasteiger partial charge in [-0.1, -0.05) is 6.92 Å². The summed E-state index contributed by atoms with van der Waals surface area (Å²) >= 11 is 0. The second-order valence-corrected chi connectivity index (χ2v) is 2.86. The minimum atomic E-state index is 0.453. The third kappa shape index (κ3) is 1.95. The van der Waals surface area contributed by atoms with Crippen LogP contribution >= 0.6 is 0 Å². The molecule has 0 spiro atoms. The lowest BCUT2D eigenvalue weighted by Gasteiger charge is -2.26. The Morgan fingerprint density at radius 2 is 2.22 bits per heavy atom. The monoisotopic (exact) mass is 129 g/mol. The Kier molecular flexibility index (Phi) is 2.49. The van der Waals surface area contributed by atoms with Gasteiger partial charge in [-0.05, 0) is 18.9 Å². The lowest BCUT2D eigenvalue weighted by Crippen LogP contribution is -2.39. The van der Waals surface area contributed by atoms with Crippen LogP contribution in [-0.4, -0.2) is 26.3 Å². The molecule has 0 unspecified atom stereocenters. The molecule has 1 N–H and O–H groups in total. The van der Waals surface area contributed by atoms with E-state index in [1.165, 1.54) is 6.42 Å². The molecule has 1 aliphatic heterocycles. The van der Waals surface area contributed by atoms with E-state index >= 15 is 0 Å². The molecule has 0 aromatic heterocycles. The van der Waals surface area contributed by atoms with Crippen molar-refractivity contribution in [3.8, 4) is 0 Å². The van der Waals surface area contributed by atoms with E-state index < -0.39 is 0 Å². The maximum atomic E-state index is 5.20. The van der Waals surface area contributed by atoms with Gasteiger partial charge in [0, 0.05) is 13.7 Å². The predicted octanol–water partition coefficient (Wildman–Crippen LogP) is 0.631. The number of ether oxygens (including phenoxy) is 1. The summed E-state index contributed by atoms with van der Waals surface area (Å²) in [6, 6.07) is 0. The van der Waals surface area contributed by atoms with E-state index in [2.05, 4.69) is 12.2 Å². The van der Waals surface area contributed by atoms with Crippen molar-refractivity contribution in [2.45, 2.75) is 19.4 Å². The minimum Gasteiger partial charge on any atom is -0.380 e. The van der Waals surface area contributed by atoms with E-state index in [9.17, 15) is 0 Å². The van der Waals surface area contributed by atoms with Crippen LogP contribution in [0.3, 0.4) is 0 Å². The summed E-state index contributed by atoms with van der Waals surface area (Å²) in [5, 5.41) is 3.31. The van der Waals surface area contributed by atoms with E-state index in [1.54, 1.807) is 7.11 Å². The molecule has 0 aliphatic carbocycles. The summed E-state index contributed by atoms with van der Waals surface area (Å²) in [6.45, 7) is 4.43. The van der Waals surface area contributed by atoms with Gasteiger partial charge in [0.05, 0.1) is 6.10 Å². The maximum absolute atomic E-state index is 5.20. The fourth-order valence-corrected chi connectivity index (χ4v) is 1.29. The Hall–Kier alpha value is -0.0800. The fraction of sp³-hybridized carbons (Fsp3) is 1.00. The molecule has 2 heteroatoms. The van der Waals surface area contributed by atoms with Gasteiger partial charge in [0.25, 0.3) is 0 Å². The first-order valence-electron chi connectivity index (χ1n) is 3.56. The van der Waals surface area contributed by atoms with Crippen molar-refractivity contribution in [3.63, 3.8) is 0 Å². The first-order valence-corrected chi connectivity index (χ1v) is 3.56. The Balaban J connectivity index is 2.23. The quantitative estimate of drug-likeness (QED) is 0.560. The van der Waals surface area contributed by atoms with E-state index in [4.69, 9.17) is 4.74 Å². The van der Waals surface area contributed by atoms with Crippen LogP contribution in [0, 0.1) is 5.92 Å². The van der Waals surface area contributed by atoms with E-state index in [1.807, 2.05) is 0 Å². The van der Waals surface area contributed by atoms with E-state index in [-0.39, 0.29) is 0 Å². The Labute approximate surface area is 56.6 Å². The number of piperidine rings is 1. The number of hydrogen-bond acceptors (Lipinski definition) is 2. The molecule has 54 valence electrons. The molecule has 1 fully saturated rings. The number of hydrogen-bond donors (Lipinski definition) is 1. The van der Waals surface area contributed by atoms with Crippen LogP contribution in [0.4, 0.5) is 0 Å². The predicted molar refractivity (Wildman–Crippen MR) is 37.4 cm³/mol. The van der Waals surface area contributed by atoms with Gasteiger partial charge in [-0.3, -0.25) is 0 Å². The Morgan fingerprint density at radius 3 is 2.67 bits per heavy atom. The van der Waals surface area contributed by atoms with Gasteiger partial charge in [0.2, 0.25) is 0 Å². The third-order valence-electron chi connectivity index (χ3n) is 1.86. The lowest BCUT2D eigenvalue weighted by atomic mass is 10.00. The maximum Gasteiger partial charge on any atom is 0.0698 e. The van der Waals surface area contributed by atoms with Crippen molar-refractivity contribution < 1.29 is 4.74 Å². The Bertz CT molecular complexity index is 85.0. The van der Waals surface area contributed by atoms with Gasteiger partial charge in [0.1, 0.15) is 0 Å². The summed E-state index contributed by atoms with van der Waals surface area (Å²) in [5.74, 6) is 0.781. The average Bonchev–Trinajstić information content (AvgIpc) is 1.88. The van der Waals surface area contributed by atoms with E-state index in [0.29, 0.717) is 6.10 Å². The zero-order valence-corrected chi connectivity index (χ0v) is 6.18. The normalized spacial score (nSPS) is 36.7. The highest BCUT2D eigenvalue weighted by molar-refractivity contribution is 4.73. The molecule has 1 aliphatic rings. The first-order chi connectivity index (χ1) is 4.33. The molecular formula is C7H15NO. The van der Waals surface area contributed by atoms with Crippen molar-refractivity contribution in [2.24, 2.45) is 5.92 Å². The zero-order chi connectivity index (χ0) is 6.69. The van der Waals surface area contributed by atoms with Crippen LogP contribution in [0.1, 0.15) is 13.3 Å². The molecule has 9 heavy (non-hydrogen) atoms. The van der Waals surface area contributed by atoms with Crippen LogP contribution in [0.25, 0.3) is 0 Å². The fourth-order valence-electron chi connectivity index (χ4n) is 1.29. The van der Waals surface area contributed by atoms with Gasteiger partial charge < -0.3 is 10.1 Å². The third-order valence-corrected chi connectivity index (χ3v) is 1.86. The molecule has 2 atom stereocenters. The summed E-state index contributed by atoms with van der Waals surface area (Å²) < 4.78 is 5.20. The second kappa shape index (κ2) is 3.18. The van der Waals surface area contributed by atoms with Crippen molar-refractivity contribution in [1.29, 1.82) is 0 Å². The SMILES string of the molecule is CO[C@H]1CNC[C@H](C)C1. The summed E-state index contributed by atoms with van der Waals surface area (Å²) in [6.07, 6.45) is 1.66. The first kappa shape index (κ1) is 7.03.